The molecule has 3 rings (SSSR count). The van der Waals surface area contributed by atoms with Crippen LogP contribution in [0, 0.1) is 0 Å². The van der Waals surface area contributed by atoms with E-state index in [1.807, 2.05) is 0 Å². The van der Waals surface area contributed by atoms with Gasteiger partial charge in [0.15, 0.2) is 0 Å². The van der Waals surface area contributed by atoms with E-state index >= 15 is 0 Å². The van der Waals surface area contributed by atoms with Crippen molar-refractivity contribution in [2.24, 2.45) is 0 Å². The Morgan fingerprint density at radius 2 is 2.16 bits per heavy atom. The molecule has 1 aromatic carbocycles. The fraction of sp³-hybridized carbons (Fsp3) is 0.500. The number of nitrogens with zero attached hydrogens (tertiary/aromatic N) is 2. The van der Waals surface area contributed by atoms with Crippen LogP contribution in [0.2, 0.25) is 0 Å². The maximum atomic E-state index is 3.54. The average Bonchev–Trinajstić information content (AvgIpc) is 2.80. The number of aryl methyl sites for hydroxylation is 1. The van der Waals surface area contributed by atoms with Gasteiger partial charge in [0.2, 0.25) is 0 Å². The van der Waals surface area contributed by atoms with Gasteiger partial charge in [0.1, 0.15) is 0 Å². The van der Waals surface area contributed by atoms with Crippen molar-refractivity contribution in [3.8, 4) is 0 Å². The molecule has 102 valence electrons. The molecule has 0 bridgehead atoms. The van der Waals surface area contributed by atoms with Crippen molar-refractivity contribution >= 4 is 26.8 Å². The Bertz CT molecular complexity index is 561. The smallest absolute Gasteiger partial charge is 0.0481 e. The molecule has 1 aliphatic heterocycles. The van der Waals surface area contributed by atoms with Gasteiger partial charge in [-0.25, -0.2) is 0 Å². The molecule has 1 atom stereocenters. The summed E-state index contributed by atoms with van der Waals surface area (Å²) in [6.07, 6.45) is 7.61. The van der Waals surface area contributed by atoms with E-state index in [2.05, 4.69) is 62.9 Å². The molecule has 0 saturated carbocycles. The third-order valence-electron chi connectivity index (χ3n) is 4.36. The van der Waals surface area contributed by atoms with Crippen LogP contribution in [-0.2, 0) is 6.54 Å². The standard InChI is InChI=1S/C16H21BrN2/c1-18-9-3-2-4-15(18)8-11-19-10-7-13-12-14(17)5-6-16(13)19/h5-7,10,12,15H,2-4,8-9,11H2,1H3. The van der Waals surface area contributed by atoms with Crippen LogP contribution in [0.5, 0.6) is 0 Å². The van der Waals surface area contributed by atoms with Crippen LogP contribution >= 0.6 is 15.9 Å². The lowest BCUT2D eigenvalue weighted by molar-refractivity contribution is 0.171. The Balaban J connectivity index is 1.71. The lowest BCUT2D eigenvalue weighted by atomic mass is 10.0. The van der Waals surface area contributed by atoms with Gasteiger partial charge >= 0.3 is 0 Å². The van der Waals surface area contributed by atoms with Crippen LogP contribution in [0.25, 0.3) is 10.9 Å². The highest BCUT2D eigenvalue weighted by molar-refractivity contribution is 9.10. The van der Waals surface area contributed by atoms with Gasteiger partial charge in [-0.2, -0.15) is 0 Å². The third-order valence-corrected chi connectivity index (χ3v) is 4.85. The van der Waals surface area contributed by atoms with Crippen molar-refractivity contribution in [3.05, 3.63) is 34.9 Å². The Hall–Kier alpha value is -0.800. The SMILES string of the molecule is CN1CCCCC1CCn1ccc2cc(Br)ccc21. The second kappa shape index (κ2) is 5.68. The van der Waals surface area contributed by atoms with Gasteiger partial charge in [-0.05, 0) is 57.1 Å². The first-order chi connectivity index (χ1) is 9.24. The molecule has 0 amide bonds. The quantitative estimate of drug-likeness (QED) is 0.819. The average molecular weight is 321 g/mol. The van der Waals surface area contributed by atoms with Gasteiger partial charge in [-0.1, -0.05) is 22.4 Å². The molecule has 1 aliphatic rings. The van der Waals surface area contributed by atoms with Crippen LogP contribution in [0.3, 0.4) is 0 Å². The number of aromatic nitrogens is 1. The Morgan fingerprint density at radius 1 is 1.26 bits per heavy atom. The summed E-state index contributed by atoms with van der Waals surface area (Å²) in [7, 11) is 2.27. The van der Waals surface area contributed by atoms with Crippen molar-refractivity contribution in [1.29, 1.82) is 0 Å². The molecule has 1 aromatic heterocycles. The number of rotatable bonds is 3. The van der Waals surface area contributed by atoms with Gasteiger partial charge in [0.25, 0.3) is 0 Å². The number of fused-ring (bicyclic) bond motifs is 1. The van der Waals surface area contributed by atoms with E-state index in [9.17, 15) is 0 Å². The summed E-state index contributed by atoms with van der Waals surface area (Å²) < 4.78 is 3.55. The van der Waals surface area contributed by atoms with E-state index < -0.39 is 0 Å². The Labute approximate surface area is 123 Å². The number of halogens is 1. The predicted molar refractivity (Wildman–Crippen MR) is 84.5 cm³/mol. The first kappa shape index (κ1) is 13.2. The number of hydrogen-bond acceptors (Lipinski definition) is 1. The normalized spacial score (nSPS) is 21.1. The van der Waals surface area contributed by atoms with Gasteiger partial charge < -0.3 is 9.47 Å². The molecule has 19 heavy (non-hydrogen) atoms. The fourth-order valence-electron chi connectivity index (χ4n) is 3.16. The highest BCUT2D eigenvalue weighted by Gasteiger charge is 2.18. The fourth-order valence-corrected chi connectivity index (χ4v) is 3.54. The zero-order chi connectivity index (χ0) is 13.2. The molecule has 3 heteroatoms. The molecular weight excluding hydrogens is 300 g/mol. The van der Waals surface area contributed by atoms with Gasteiger partial charge in [-0.3, -0.25) is 0 Å². The number of hydrogen-bond donors (Lipinski definition) is 0. The van der Waals surface area contributed by atoms with Gasteiger partial charge in [0, 0.05) is 34.2 Å². The van der Waals surface area contributed by atoms with Crippen molar-refractivity contribution < 1.29 is 0 Å². The molecule has 2 aromatic rings. The lowest BCUT2D eigenvalue weighted by Gasteiger charge is -2.32. The third kappa shape index (κ3) is 2.87. The molecule has 0 spiro atoms. The first-order valence-electron chi connectivity index (χ1n) is 7.19. The lowest BCUT2D eigenvalue weighted by Crippen LogP contribution is -2.36. The first-order valence-corrected chi connectivity index (χ1v) is 7.98. The molecule has 0 radical (unpaired) electrons. The number of likely N-dealkylation sites (tertiary alicyclic amines) is 1. The van der Waals surface area contributed by atoms with Crippen LogP contribution in [-0.4, -0.2) is 29.1 Å². The van der Waals surface area contributed by atoms with Gasteiger partial charge in [0.05, 0.1) is 0 Å². The summed E-state index contributed by atoms with van der Waals surface area (Å²) in [6, 6.07) is 9.51. The minimum atomic E-state index is 0.765. The zero-order valence-electron chi connectivity index (χ0n) is 11.5. The zero-order valence-corrected chi connectivity index (χ0v) is 13.1. The van der Waals surface area contributed by atoms with E-state index in [0.29, 0.717) is 0 Å². The molecule has 1 unspecified atom stereocenters. The van der Waals surface area contributed by atoms with E-state index in [4.69, 9.17) is 0 Å². The summed E-state index contributed by atoms with van der Waals surface area (Å²) in [5.74, 6) is 0. The van der Waals surface area contributed by atoms with Crippen LogP contribution in [0.4, 0.5) is 0 Å². The van der Waals surface area contributed by atoms with E-state index in [0.717, 1.165) is 17.1 Å². The molecule has 2 nitrogen and oxygen atoms in total. The molecule has 1 fully saturated rings. The second-order valence-corrected chi connectivity index (χ2v) is 6.55. The maximum Gasteiger partial charge on any atom is 0.0481 e. The summed E-state index contributed by atoms with van der Waals surface area (Å²) in [4.78, 5) is 2.53. The number of benzene rings is 1. The minimum absolute atomic E-state index is 0.765. The minimum Gasteiger partial charge on any atom is -0.347 e. The summed E-state index contributed by atoms with van der Waals surface area (Å²) in [5.41, 5.74) is 1.35. The summed E-state index contributed by atoms with van der Waals surface area (Å²) in [6.45, 7) is 2.39. The van der Waals surface area contributed by atoms with Crippen LogP contribution in [0.1, 0.15) is 25.7 Å². The monoisotopic (exact) mass is 320 g/mol. The van der Waals surface area contributed by atoms with Crippen LogP contribution < -0.4 is 0 Å². The number of piperidine rings is 1. The highest BCUT2D eigenvalue weighted by Crippen LogP contribution is 2.23. The molecule has 1 saturated heterocycles. The van der Waals surface area contributed by atoms with E-state index in [1.165, 1.54) is 43.1 Å². The topological polar surface area (TPSA) is 8.17 Å². The highest BCUT2D eigenvalue weighted by atomic mass is 79.9. The van der Waals surface area contributed by atoms with E-state index in [1.54, 1.807) is 0 Å². The van der Waals surface area contributed by atoms with Crippen molar-refractivity contribution in [2.45, 2.75) is 38.3 Å². The van der Waals surface area contributed by atoms with E-state index in [-0.39, 0.29) is 0 Å². The van der Waals surface area contributed by atoms with Crippen molar-refractivity contribution in [3.63, 3.8) is 0 Å². The van der Waals surface area contributed by atoms with Crippen LogP contribution in [0.15, 0.2) is 34.9 Å². The molecular formula is C16H21BrN2. The van der Waals surface area contributed by atoms with Gasteiger partial charge in [-0.15, -0.1) is 0 Å². The summed E-state index contributed by atoms with van der Waals surface area (Å²) in [5, 5.41) is 1.33. The Morgan fingerprint density at radius 3 is 3.00 bits per heavy atom. The second-order valence-electron chi connectivity index (χ2n) is 5.63. The predicted octanol–water partition coefficient (Wildman–Crippen LogP) is 4.28. The van der Waals surface area contributed by atoms with Crippen molar-refractivity contribution in [1.82, 2.24) is 9.47 Å². The maximum absolute atomic E-state index is 3.54. The Kier molecular flexibility index (Phi) is 3.94. The summed E-state index contributed by atoms with van der Waals surface area (Å²) >= 11 is 3.54. The largest absolute Gasteiger partial charge is 0.347 e. The molecule has 0 aliphatic carbocycles. The molecule has 0 N–H and O–H groups in total. The van der Waals surface area contributed by atoms with Crippen molar-refractivity contribution in [2.75, 3.05) is 13.6 Å². The molecule has 2 heterocycles.